The molecule has 0 radical (unpaired) electrons. The van der Waals surface area contributed by atoms with Crippen molar-refractivity contribution in [1.82, 2.24) is 29.1 Å². The summed E-state index contributed by atoms with van der Waals surface area (Å²) in [5.74, 6) is 2.01. The molecule has 0 saturated heterocycles. The van der Waals surface area contributed by atoms with Crippen molar-refractivity contribution in [2.24, 2.45) is 5.92 Å². The monoisotopic (exact) mass is 438 g/mol. The Hall–Kier alpha value is -2.52. The highest BCUT2D eigenvalue weighted by Crippen LogP contribution is 2.39. The number of nitrogens with zero attached hydrogens (tertiary/aromatic N) is 6. The number of thiazole rings is 1. The van der Waals surface area contributed by atoms with Gasteiger partial charge in [-0.3, -0.25) is 18.7 Å². The highest BCUT2D eigenvalue weighted by atomic mass is 32.2. The lowest BCUT2D eigenvalue weighted by molar-refractivity contribution is 0.247. The number of aromatic nitrogens is 6. The van der Waals surface area contributed by atoms with Gasteiger partial charge >= 0.3 is 0 Å². The third-order valence-electron chi connectivity index (χ3n) is 5.69. The minimum absolute atomic E-state index is 0.0460. The van der Waals surface area contributed by atoms with E-state index in [1.165, 1.54) is 30.6 Å². The minimum atomic E-state index is -0.0460. The molecule has 1 aliphatic rings. The number of thioether (sulfide) groups is 1. The first-order valence-corrected chi connectivity index (χ1v) is 12.0. The number of fused-ring (bicyclic) bond motifs is 1. The van der Waals surface area contributed by atoms with Crippen molar-refractivity contribution in [1.29, 1.82) is 0 Å². The molecule has 4 aromatic rings. The van der Waals surface area contributed by atoms with Crippen molar-refractivity contribution in [3.8, 4) is 11.4 Å². The van der Waals surface area contributed by atoms with Crippen molar-refractivity contribution in [3.05, 3.63) is 58.2 Å². The van der Waals surface area contributed by atoms with Gasteiger partial charge in [0.15, 0.2) is 15.9 Å². The summed E-state index contributed by atoms with van der Waals surface area (Å²) in [6, 6.07) is 5.94. The van der Waals surface area contributed by atoms with Crippen LogP contribution in [0.1, 0.15) is 44.3 Å². The third-order valence-corrected chi connectivity index (χ3v) is 7.42. The lowest BCUT2D eigenvalue weighted by atomic mass is 9.85. The predicted octanol–water partition coefficient (Wildman–Crippen LogP) is 4.45. The maximum absolute atomic E-state index is 12.3. The van der Waals surface area contributed by atoms with E-state index in [1.807, 2.05) is 23.7 Å². The summed E-state index contributed by atoms with van der Waals surface area (Å²) in [4.78, 5) is 21.9. The van der Waals surface area contributed by atoms with E-state index in [-0.39, 0.29) is 5.56 Å². The summed E-state index contributed by atoms with van der Waals surface area (Å²) in [5.41, 5.74) is 1.70. The van der Waals surface area contributed by atoms with Gasteiger partial charge in [0.1, 0.15) is 0 Å². The zero-order valence-electron chi connectivity index (χ0n) is 16.6. The van der Waals surface area contributed by atoms with Crippen LogP contribution in [0.3, 0.4) is 0 Å². The molecular weight excluding hydrogens is 416 g/mol. The average molecular weight is 439 g/mol. The number of hydrogen-bond acceptors (Lipinski definition) is 7. The molecule has 30 heavy (non-hydrogen) atoms. The first kappa shape index (κ1) is 19.4. The molecule has 7 nitrogen and oxygen atoms in total. The summed E-state index contributed by atoms with van der Waals surface area (Å²) in [6.07, 6.45) is 10.2. The van der Waals surface area contributed by atoms with Crippen LogP contribution in [-0.2, 0) is 5.75 Å². The molecule has 1 fully saturated rings. The summed E-state index contributed by atoms with van der Waals surface area (Å²) < 4.78 is 3.87. The fourth-order valence-corrected chi connectivity index (χ4v) is 5.77. The van der Waals surface area contributed by atoms with Crippen LogP contribution in [0.25, 0.3) is 16.3 Å². The first-order chi connectivity index (χ1) is 14.7. The molecule has 1 aliphatic carbocycles. The Morgan fingerprint density at radius 3 is 3.00 bits per heavy atom. The van der Waals surface area contributed by atoms with Crippen LogP contribution in [0.5, 0.6) is 0 Å². The summed E-state index contributed by atoms with van der Waals surface area (Å²) >= 11 is 3.06. The second-order valence-electron chi connectivity index (χ2n) is 7.68. The van der Waals surface area contributed by atoms with Gasteiger partial charge in [0.2, 0.25) is 0 Å². The van der Waals surface area contributed by atoms with Gasteiger partial charge in [0.05, 0.1) is 5.69 Å². The van der Waals surface area contributed by atoms with Crippen LogP contribution in [0.15, 0.2) is 52.1 Å². The highest BCUT2D eigenvalue weighted by molar-refractivity contribution is 7.98. The van der Waals surface area contributed by atoms with Gasteiger partial charge in [-0.05, 0) is 30.9 Å². The second-order valence-corrected chi connectivity index (χ2v) is 9.49. The normalized spacial score (nSPS) is 19.4. The molecule has 5 rings (SSSR count). The molecule has 0 amide bonds. The average Bonchev–Trinajstić information content (AvgIpc) is 3.40. The zero-order valence-corrected chi connectivity index (χ0v) is 18.3. The molecule has 0 aromatic carbocycles. The zero-order chi connectivity index (χ0) is 20.5. The lowest BCUT2D eigenvalue weighted by Gasteiger charge is -2.31. The fourth-order valence-electron chi connectivity index (χ4n) is 4.15. The van der Waals surface area contributed by atoms with Crippen LogP contribution in [0, 0.1) is 5.92 Å². The quantitative estimate of drug-likeness (QED) is 0.428. The third kappa shape index (κ3) is 3.67. The first-order valence-electron chi connectivity index (χ1n) is 10.1. The molecule has 0 aliphatic heterocycles. The Bertz CT molecular complexity index is 1220. The standard InChI is InChI=1S/C21H22N6OS2/c1-14-5-2-3-7-17(14)27-19(15-6-4-8-22-12-15)24-25-21(27)30-13-16-11-18(28)26-9-10-29-20(26)23-16/h4,6,8-12,14,17H,2-3,5,7,13H2,1H3/t14-,17+/m1/s1. The predicted molar refractivity (Wildman–Crippen MR) is 119 cm³/mol. The Balaban J connectivity index is 1.49. The molecule has 9 heteroatoms. The largest absolute Gasteiger partial charge is 0.299 e. The molecule has 0 unspecified atom stereocenters. The number of rotatable bonds is 5. The molecule has 1 saturated carbocycles. The van der Waals surface area contributed by atoms with Crippen LogP contribution in [-0.4, -0.2) is 29.1 Å². The van der Waals surface area contributed by atoms with Crippen molar-refractivity contribution in [3.63, 3.8) is 0 Å². The van der Waals surface area contributed by atoms with Crippen molar-refractivity contribution in [2.45, 2.75) is 49.6 Å². The molecule has 0 spiro atoms. The SMILES string of the molecule is C[C@@H]1CCCC[C@@H]1n1c(SCc2cc(=O)n3ccsc3n2)nnc1-c1cccnc1. The lowest BCUT2D eigenvalue weighted by Crippen LogP contribution is -2.22. The van der Waals surface area contributed by atoms with Crippen molar-refractivity contribution in [2.75, 3.05) is 0 Å². The smallest absolute Gasteiger partial charge is 0.258 e. The van der Waals surface area contributed by atoms with Crippen molar-refractivity contribution >= 4 is 28.1 Å². The van der Waals surface area contributed by atoms with Crippen LogP contribution >= 0.6 is 23.1 Å². The van der Waals surface area contributed by atoms with Crippen LogP contribution in [0.4, 0.5) is 0 Å². The summed E-state index contributed by atoms with van der Waals surface area (Å²) in [6.45, 7) is 2.32. The van der Waals surface area contributed by atoms with E-state index in [0.717, 1.165) is 33.6 Å². The number of pyridine rings is 1. The Labute approximate surface area is 182 Å². The molecule has 2 atom stereocenters. The van der Waals surface area contributed by atoms with Gasteiger partial charge in [-0.15, -0.1) is 21.5 Å². The summed E-state index contributed by atoms with van der Waals surface area (Å²) in [5, 5.41) is 11.8. The van der Waals surface area contributed by atoms with Crippen LogP contribution < -0.4 is 5.56 Å². The van der Waals surface area contributed by atoms with E-state index in [0.29, 0.717) is 17.7 Å². The van der Waals surface area contributed by atoms with Gasteiger partial charge in [0, 0.05) is 47.4 Å². The Morgan fingerprint density at radius 2 is 2.17 bits per heavy atom. The maximum atomic E-state index is 12.3. The van der Waals surface area contributed by atoms with E-state index < -0.39 is 0 Å². The van der Waals surface area contributed by atoms with E-state index in [4.69, 9.17) is 0 Å². The van der Waals surface area contributed by atoms with E-state index in [2.05, 4.69) is 31.7 Å². The topological polar surface area (TPSA) is 78.0 Å². The Kier molecular flexibility index (Phi) is 5.39. The summed E-state index contributed by atoms with van der Waals surface area (Å²) in [7, 11) is 0. The van der Waals surface area contributed by atoms with Gasteiger partial charge in [-0.2, -0.15) is 0 Å². The van der Waals surface area contributed by atoms with Gasteiger partial charge < -0.3 is 0 Å². The molecule has 154 valence electrons. The second kappa shape index (κ2) is 8.31. The molecule has 0 N–H and O–H groups in total. The van der Waals surface area contributed by atoms with Gasteiger partial charge in [-0.25, -0.2) is 4.98 Å². The molecule has 4 heterocycles. The Morgan fingerprint density at radius 1 is 1.27 bits per heavy atom. The maximum Gasteiger partial charge on any atom is 0.258 e. The van der Waals surface area contributed by atoms with E-state index in [9.17, 15) is 4.79 Å². The van der Waals surface area contributed by atoms with E-state index >= 15 is 0 Å². The van der Waals surface area contributed by atoms with Gasteiger partial charge in [-0.1, -0.05) is 31.5 Å². The highest BCUT2D eigenvalue weighted by Gasteiger charge is 2.28. The van der Waals surface area contributed by atoms with Crippen molar-refractivity contribution < 1.29 is 0 Å². The van der Waals surface area contributed by atoms with E-state index in [1.54, 1.807) is 34.6 Å². The molecule has 4 aromatic heterocycles. The molecular formula is C21H22N6OS2. The minimum Gasteiger partial charge on any atom is -0.299 e. The van der Waals surface area contributed by atoms with Crippen LogP contribution in [0.2, 0.25) is 0 Å². The fraction of sp³-hybridized carbons (Fsp3) is 0.381. The molecule has 0 bridgehead atoms. The number of hydrogen-bond donors (Lipinski definition) is 0. The van der Waals surface area contributed by atoms with Gasteiger partial charge in [0.25, 0.3) is 5.56 Å².